The van der Waals surface area contributed by atoms with E-state index in [1.807, 2.05) is 0 Å². The second-order valence-electron chi connectivity index (χ2n) is 4.75. The molecule has 1 saturated carbocycles. The van der Waals surface area contributed by atoms with E-state index in [0.717, 1.165) is 31.0 Å². The van der Waals surface area contributed by atoms with Crippen molar-refractivity contribution in [2.75, 3.05) is 13.7 Å². The topological polar surface area (TPSA) is 47.0 Å². The Kier molecular flexibility index (Phi) is 4.78. The Balaban J connectivity index is 2.05. The van der Waals surface area contributed by atoms with E-state index in [0.29, 0.717) is 17.1 Å². The Bertz CT molecular complexity index is 396. The highest BCUT2D eigenvalue weighted by Crippen LogP contribution is 2.34. The van der Waals surface area contributed by atoms with Gasteiger partial charge in [-0.15, -0.1) is 0 Å². The predicted molar refractivity (Wildman–Crippen MR) is 72.1 cm³/mol. The number of hydrogen-bond acceptors (Lipinski definition) is 4. The summed E-state index contributed by atoms with van der Waals surface area (Å²) in [5.74, 6) is 0.772. The smallest absolute Gasteiger partial charge is 0.316 e. The van der Waals surface area contributed by atoms with Gasteiger partial charge in [-0.05, 0) is 31.7 Å². The Morgan fingerprint density at radius 2 is 2.33 bits per heavy atom. The van der Waals surface area contributed by atoms with Crippen molar-refractivity contribution >= 4 is 11.6 Å². The van der Waals surface area contributed by atoms with Crippen LogP contribution in [0.2, 0.25) is 5.02 Å². The lowest BCUT2D eigenvalue weighted by molar-refractivity contribution is 0.375. The summed E-state index contributed by atoms with van der Waals surface area (Å²) in [6, 6.07) is 0.862. The summed E-state index contributed by atoms with van der Waals surface area (Å²) in [5.41, 5.74) is 0.879. The first-order valence-corrected chi connectivity index (χ1v) is 6.91. The molecule has 1 aromatic heterocycles. The van der Waals surface area contributed by atoms with Gasteiger partial charge in [-0.2, -0.15) is 4.98 Å². The third-order valence-corrected chi connectivity index (χ3v) is 3.55. The number of nitrogens with one attached hydrogen (secondary N) is 1. The lowest BCUT2D eigenvalue weighted by Crippen LogP contribution is -2.34. The molecule has 1 unspecified atom stereocenters. The standard InChI is InChI=1S/C13H20ClN3O/c1-3-6-15-11(9-4-5-9)7-12-10(14)8-16-13(17-12)18-2/h8-9,11,15H,3-7H2,1-2H3. The average Bonchev–Trinajstić information content (AvgIpc) is 3.21. The van der Waals surface area contributed by atoms with Gasteiger partial charge in [0.2, 0.25) is 0 Å². The van der Waals surface area contributed by atoms with Crippen LogP contribution in [-0.2, 0) is 6.42 Å². The quantitative estimate of drug-likeness (QED) is 0.826. The van der Waals surface area contributed by atoms with Crippen molar-refractivity contribution in [2.45, 2.75) is 38.6 Å². The fourth-order valence-corrected chi connectivity index (χ4v) is 2.24. The zero-order valence-corrected chi connectivity index (χ0v) is 11.7. The van der Waals surface area contributed by atoms with Crippen molar-refractivity contribution in [3.63, 3.8) is 0 Å². The lowest BCUT2D eigenvalue weighted by atomic mass is 10.1. The van der Waals surface area contributed by atoms with Crippen LogP contribution < -0.4 is 10.1 Å². The summed E-state index contributed by atoms with van der Waals surface area (Å²) in [7, 11) is 1.57. The summed E-state index contributed by atoms with van der Waals surface area (Å²) in [6.07, 6.45) is 6.22. The third-order valence-electron chi connectivity index (χ3n) is 3.24. The zero-order valence-electron chi connectivity index (χ0n) is 10.9. The van der Waals surface area contributed by atoms with E-state index >= 15 is 0 Å². The van der Waals surface area contributed by atoms with Gasteiger partial charge in [0.25, 0.3) is 0 Å². The molecule has 0 saturated heterocycles. The zero-order chi connectivity index (χ0) is 13.0. The van der Waals surface area contributed by atoms with Gasteiger partial charge >= 0.3 is 6.01 Å². The molecule has 0 aromatic carbocycles. The van der Waals surface area contributed by atoms with E-state index in [1.54, 1.807) is 13.3 Å². The predicted octanol–water partition coefficient (Wildman–Crippen LogP) is 2.46. The summed E-state index contributed by atoms with van der Waals surface area (Å²) in [5, 5.41) is 4.21. The Labute approximate surface area is 113 Å². The number of hydrogen-bond donors (Lipinski definition) is 1. The number of ether oxygens (including phenoxy) is 1. The maximum atomic E-state index is 6.15. The number of nitrogens with zero attached hydrogens (tertiary/aromatic N) is 2. The van der Waals surface area contributed by atoms with Crippen LogP contribution in [0.25, 0.3) is 0 Å². The molecule has 4 nitrogen and oxygen atoms in total. The summed E-state index contributed by atoms with van der Waals surface area (Å²) in [6.45, 7) is 3.22. The summed E-state index contributed by atoms with van der Waals surface area (Å²) >= 11 is 6.15. The van der Waals surface area contributed by atoms with E-state index in [4.69, 9.17) is 16.3 Å². The second kappa shape index (κ2) is 6.34. The molecule has 1 fully saturated rings. The van der Waals surface area contributed by atoms with Crippen LogP contribution in [0.15, 0.2) is 6.20 Å². The van der Waals surface area contributed by atoms with Crippen molar-refractivity contribution in [2.24, 2.45) is 5.92 Å². The number of halogens is 1. The van der Waals surface area contributed by atoms with E-state index in [-0.39, 0.29) is 0 Å². The first kappa shape index (κ1) is 13.6. The molecule has 1 atom stereocenters. The number of methoxy groups -OCH3 is 1. The highest BCUT2D eigenvalue weighted by molar-refractivity contribution is 6.31. The van der Waals surface area contributed by atoms with Gasteiger partial charge in [0.05, 0.1) is 24.0 Å². The van der Waals surface area contributed by atoms with E-state index in [1.165, 1.54) is 12.8 Å². The molecule has 0 bridgehead atoms. The molecular formula is C13H20ClN3O. The SMILES string of the molecule is CCCNC(Cc1nc(OC)ncc1Cl)C1CC1. The molecule has 0 spiro atoms. The molecule has 1 aliphatic carbocycles. The molecule has 0 aliphatic heterocycles. The minimum Gasteiger partial charge on any atom is -0.467 e. The van der Waals surface area contributed by atoms with Crippen LogP contribution in [0.3, 0.4) is 0 Å². The minimum atomic E-state index is 0.388. The molecule has 1 heterocycles. The Hall–Kier alpha value is -0.870. The van der Waals surface area contributed by atoms with Gasteiger partial charge in [-0.3, -0.25) is 0 Å². The van der Waals surface area contributed by atoms with Gasteiger partial charge in [0, 0.05) is 12.5 Å². The lowest BCUT2D eigenvalue weighted by Gasteiger charge is -2.18. The minimum absolute atomic E-state index is 0.388. The van der Waals surface area contributed by atoms with E-state index in [2.05, 4.69) is 22.2 Å². The van der Waals surface area contributed by atoms with Crippen molar-refractivity contribution in [3.05, 3.63) is 16.9 Å². The summed E-state index contributed by atoms with van der Waals surface area (Å²) < 4.78 is 5.05. The summed E-state index contributed by atoms with van der Waals surface area (Å²) in [4.78, 5) is 8.35. The number of rotatable bonds is 7. The first-order chi connectivity index (χ1) is 8.74. The fraction of sp³-hybridized carbons (Fsp3) is 0.692. The van der Waals surface area contributed by atoms with Crippen molar-refractivity contribution in [1.82, 2.24) is 15.3 Å². The molecule has 100 valence electrons. The Morgan fingerprint density at radius 3 is 2.94 bits per heavy atom. The van der Waals surface area contributed by atoms with Crippen molar-refractivity contribution < 1.29 is 4.74 Å². The van der Waals surface area contributed by atoms with Crippen LogP contribution in [0.1, 0.15) is 31.9 Å². The molecule has 0 amide bonds. The average molecular weight is 270 g/mol. The fourth-order valence-electron chi connectivity index (χ4n) is 2.07. The van der Waals surface area contributed by atoms with Crippen LogP contribution in [0.5, 0.6) is 6.01 Å². The van der Waals surface area contributed by atoms with Gasteiger partial charge in [0.15, 0.2) is 0 Å². The van der Waals surface area contributed by atoms with Gasteiger partial charge in [0.1, 0.15) is 0 Å². The normalized spacial score (nSPS) is 16.6. The number of aromatic nitrogens is 2. The van der Waals surface area contributed by atoms with Crippen LogP contribution in [0.4, 0.5) is 0 Å². The highest BCUT2D eigenvalue weighted by Gasteiger charge is 2.31. The van der Waals surface area contributed by atoms with E-state index in [9.17, 15) is 0 Å². The maximum Gasteiger partial charge on any atom is 0.316 e. The van der Waals surface area contributed by atoms with Gasteiger partial charge in [-0.1, -0.05) is 18.5 Å². The van der Waals surface area contributed by atoms with Crippen LogP contribution >= 0.6 is 11.6 Å². The molecule has 1 aliphatic rings. The largest absolute Gasteiger partial charge is 0.467 e. The monoisotopic (exact) mass is 269 g/mol. The third kappa shape index (κ3) is 3.56. The van der Waals surface area contributed by atoms with Crippen molar-refractivity contribution in [3.8, 4) is 6.01 Å². The molecule has 2 rings (SSSR count). The van der Waals surface area contributed by atoms with E-state index < -0.39 is 0 Å². The molecule has 1 aromatic rings. The van der Waals surface area contributed by atoms with Crippen LogP contribution in [0, 0.1) is 5.92 Å². The maximum absolute atomic E-state index is 6.15. The second-order valence-corrected chi connectivity index (χ2v) is 5.16. The molecular weight excluding hydrogens is 250 g/mol. The first-order valence-electron chi connectivity index (χ1n) is 6.53. The molecule has 1 N–H and O–H groups in total. The van der Waals surface area contributed by atoms with Crippen LogP contribution in [-0.4, -0.2) is 29.7 Å². The Morgan fingerprint density at radius 1 is 1.56 bits per heavy atom. The van der Waals surface area contributed by atoms with Crippen molar-refractivity contribution in [1.29, 1.82) is 0 Å². The van der Waals surface area contributed by atoms with Gasteiger partial charge < -0.3 is 10.1 Å². The molecule has 18 heavy (non-hydrogen) atoms. The molecule has 5 heteroatoms. The van der Waals surface area contributed by atoms with Gasteiger partial charge in [-0.25, -0.2) is 4.98 Å². The highest BCUT2D eigenvalue weighted by atomic mass is 35.5. The molecule has 0 radical (unpaired) electrons.